The van der Waals surface area contributed by atoms with Gasteiger partial charge in [-0.3, -0.25) is 0 Å². The number of ether oxygens (including phenoxy) is 2. The number of phenols is 1. The molecule has 3 unspecified atom stereocenters. The minimum atomic E-state index is -0.396. The summed E-state index contributed by atoms with van der Waals surface area (Å²) in [5.41, 5.74) is 1.89. The van der Waals surface area contributed by atoms with Gasteiger partial charge in [0.25, 0.3) is 0 Å². The Labute approximate surface area is 127 Å². The van der Waals surface area contributed by atoms with Crippen LogP contribution in [0.2, 0.25) is 0 Å². The molecule has 1 aromatic rings. The van der Waals surface area contributed by atoms with E-state index < -0.39 is 5.60 Å². The lowest BCUT2D eigenvalue weighted by atomic mass is 9.84. The Morgan fingerprint density at radius 1 is 1.33 bits per heavy atom. The first-order chi connectivity index (χ1) is 10.1. The molecule has 3 atom stereocenters. The van der Waals surface area contributed by atoms with Crippen molar-refractivity contribution in [1.82, 2.24) is 0 Å². The largest absolute Gasteiger partial charge is 0.508 e. The van der Waals surface area contributed by atoms with Crippen LogP contribution in [0, 0.1) is 11.8 Å². The first-order valence-electron chi connectivity index (χ1n) is 8.02. The Morgan fingerprint density at radius 3 is 2.76 bits per heavy atom. The summed E-state index contributed by atoms with van der Waals surface area (Å²) in [6.45, 7) is 5.62. The highest BCUT2D eigenvalue weighted by Gasteiger charge is 2.47. The van der Waals surface area contributed by atoms with Crippen molar-refractivity contribution in [3.05, 3.63) is 29.3 Å². The number of aromatic hydroxyl groups is 1. The number of fused-ring (bicyclic) bond motifs is 1. The van der Waals surface area contributed by atoms with Gasteiger partial charge in [0.15, 0.2) is 0 Å². The van der Waals surface area contributed by atoms with Crippen LogP contribution in [0.5, 0.6) is 5.75 Å². The molecule has 0 spiro atoms. The van der Waals surface area contributed by atoms with Crippen molar-refractivity contribution in [2.75, 3.05) is 20.3 Å². The molecule has 21 heavy (non-hydrogen) atoms. The monoisotopic (exact) mass is 290 g/mol. The van der Waals surface area contributed by atoms with Crippen LogP contribution >= 0.6 is 0 Å². The molecule has 2 aliphatic carbocycles. The van der Waals surface area contributed by atoms with Gasteiger partial charge in [-0.25, -0.2) is 0 Å². The average molecular weight is 290 g/mol. The highest BCUT2D eigenvalue weighted by atomic mass is 16.5. The SMILES string of the molecule is COCCOC1(C)CC(C(C)C2CC2)c2cccc(O)c21. The Kier molecular flexibility index (Phi) is 3.98. The summed E-state index contributed by atoms with van der Waals surface area (Å²) in [4.78, 5) is 0. The van der Waals surface area contributed by atoms with Gasteiger partial charge in [-0.05, 0) is 55.6 Å². The van der Waals surface area contributed by atoms with Gasteiger partial charge in [0.2, 0.25) is 0 Å². The van der Waals surface area contributed by atoms with Crippen LogP contribution in [-0.4, -0.2) is 25.4 Å². The van der Waals surface area contributed by atoms with Crippen molar-refractivity contribution in [3.63, 3.8) is 0 Å². The Morgan fingerprint density at radius 2 is 2.10 bits per heavy atom. The molecular formula is C18H26O3. The predicted octanol–water partition coefficient (Wildman–Crippen LogP) is 3.80. The van der Waals surface area contributed by atoms with Crippen LogP contribution in [0.25, 0.3) is 0 Å². The first-order valence-corrected chi connectivity index (χ1v) is 8.02. The average Bonchev–Trinajstić information content (AvgIpc) is 3.25. The molecule has 2 aliphatic rings. The molecule has 0 radical (unpaired) electrons. The summed E-state index contributed by atoms with van der Waals surface area (Å²) in [5, 5.41) is 10.4. The summed E-state index contributed by atoms with van der Waals surface area (Å²) in [5.74, 6) is 2.38. The number of phenolic OH excluding ortho intramolecular Hbond substituents is 1. The number of rotatable bonds is 6. The van der Waals surface area contributed by atoms with Crippen LogP contribution in [0.4, 0.5) is 0 Å². The summed E-state index contributed by atoms with van der Waals surface area (Å²) in [6.07, 6.45) is 3.67. The van der Waals surface area contributed by atoms with Gasteiger partial charge in [-0.15, -0.1) is 0 Å². The lowest BCUT2D eigenvalue weighted by Gasteiger charge is -2.28. The third-order valence-corrected chi connectivity index (χ3v) is 5.32. The predicted molar refractivity (Wildman–Crippen MR) is 82.5 cm³/mol. The molecule has 116 valence electrons. The van der Waals surface area contributed by atoms with E-state index in [0.29, 0.717) is 30.8 Å². The lowest BCUT2D eigenvalue weighted by molar-refractivity contribution is -0.0597. The van der Waals surface area contributed by atoms with Crippen LogP contribution in [0.15, 0.2) is 18.2 Å². The fourth-order valence-corrected chi connectivity index (χ4v) is 3.98. The maximum atomic E-state index is 10.4. The third kappa shape index (κ3) is 2.69. The number of methoxy groups -OCH3 is 1. The van der Waals surface area contributed by atoms with E-state index in [4.69, 9.17) is 9.47 Å². The lowest BCUT2D eigenvalue weighted by Crippen LogP contribution is -2.25. The summed E-state index contributed by atoms with van der Waals surface area (Å²) in [6, 6.07) is 5.91. The quantitative estimate of drug-likeness (QED) is 0.810. The summed E-state index contributed by atoms with van der Waals surface area (Å²) in [7, 11) is 1.68. The zero-order chi connectivity index (χ0) is 15.0. The van der Waals surface area contributed by atoms with Crippen LogP contribution in [0.3, 0.4) is 0 Å². The molecular weight excluding hydrogens is 264 g/mol. The Hall–Kier alpha value is -1.06. The zero-order valence-corrected chi connectivity index (χ0v) is 13.3. The van der Waals surface area contributed by atoms with Gasteiger partial charge < -0.3 is 14.6 Å². The van der Waals surface area contributed by atoms with E-state index in [0.717, 1.165) is 17.9 Å². The van der Waals surface area contributed by atoms with Gasteiger partial charge >= 0.3 is 0 Å². The van der Waals surface area contributed by atoms with Gasteiger partial charge in [-0.1, -0.05) is 19.1 Å². The molecule has 0 aliphatic heterocycles. The normalized spacial score (nSPS) is 29.4. The molecule has 0 saturated heterocycles. The second-order valence-electron chi connectivity index (χ2n) is 6.82. The van der Waals surface area contributed by atoms with Crippen molar-refractivity contribution in [2.24, 2.45) is 11.8 Å². The molecule has 3 heteroatoms. The van der Waals surface area contributed by atoms with E-state index in [1.165, 1.54) is 18.4 Å². The standard InChI is InChI=1S/C18H26O3/c1-12(13-7-8-13)15-11-18(2,21-10-9-20-3)17-14(15)5-4-6-16(17)19/h4-6,12-13,15,19H,7-11H2,1-3H3. The molecule has 0 bridgehead atoms. The Balaban J connectivity index is 1.90. The second-order valence-corrected chi connectivity index (χ2v) is 6.82. The maximum absolute atomic E-state index is 10.4. The highest BCUT2D eigenvalue weighted by molar-refractivity contribution is 5.49. The molecule has 1 saturated carbocycles. The number of hydrogen-bond acceptors (Lipinski definition) is 3. The van der Waals surface area contributed by atoms with E-state index in [1.54, 1.807) is 13.2 Å². The molecule has 1 N–H and O–H groups in total. The zero-order valence-electron chi connectivity index (χ0n) is 13.3. The van der Waals surface area contributed by atoms with Crippen LogP contribution in [0.1, 0.15) is 50.2 Å². The van der Waals surface area contributed by atoms with Gasteiger partial charge in [0.1, 0.15) is 5.75 Å². The molecule has 3 rings (SSSR count). The van der Waals surface area contributed by atoms with Crippen molar-refractivity contribution >= 4 is 0 Å². The summed E-state index contributed by atoms with van der Waals surface area (Å²) < 4.78 is 11.2. The fraction of sp³-hybridized carbons (Fsp3) is 0.667. The Bertz CT molecular complexity index is 509. The van der Waals surface area contributed by atoms with E-state index in [1.807, 2.05) is 6.07 Å². The molecule has 1 aromatic carbocycles. The third-order valence-electron chi connectivity index (χ3n) is 5.32. The van der Waals surface area contributed by atoms with Crippen molar-refractivity contribution in [1.29, 1.82) is 0 Å². The van der Waals surface area contributed by atoms with E-state index in [9.17, 15) is 5.11 Å². The molecule has 0 aromatic heterocycles. The molecule has 1 fully saturated rings. The maximum Gasteiger partial charge on any atom is 0.121 e. The van der Waals surface area contributed by atoms with Crippen molar-refractivity contribution < 1.29 is 14.6 Å². The molecule has 3 nitrogen and oxygen atoms in total. The molecule has 0 heterocycles. The highest BCUT2D eigenvalue weighted by Crippen LogP contribution is 2.56. The van der Waals surface area contributed by atoms with Gasteiger partial charge in [0.05, 0.1) is 18.8 Å². The fourth-order valence-electron chi connectivity index (χ4n) is 3.98. The van der Waals surface area contributed by atoms with Crippen LogP contribution < -0.4 is 0 Å². The van der Waals surface area contributed by atoms with Gasteiger partial charge in [0, 0.05) is 12.7 Å². The number of benzene rings is 1. The summed E-state index contributed by atoms with van der Waals surface area (Å²) >= 11 is 0. The minimum absolute atomic E-state index is 0.373. The van der Waals surface area contributed by atoms with Crippen LogP contribution in [-0.2, 0) is 15.1 Å². The van der Waals surface area contributed by atoms with Crippen molar-refractivity contribution in [2.45, 2.75) is 44.6 Å². The van der Waals surface area contributed by atoms with E-state index in [2.05, 4.69) is 19.9 Å². The smallest absolute Gasteiger partial charge is 0.121 e. The molecule has 0 amide bonds. The second kappa shape index (κ2) is 5.62. The minimum Gasteiger partial charge on any atom is -0.508 e. The van der Waals surface area contributed by atoms with Crippen molar-refractivity contribution in [3.8, 4) is 5.75 Å². The van der Waals surface area contributed by atoms with E-state index >= 15 is 0 Å². The van der Waals surface area contributed by atoms with Gasteiger partial charge in [-0.2, -0.15) is 0 Å². The topological polar surface area (TPSA) is 38.7 Å². The van der Waals surface area contributed by atoms with E-state index in [-0.39, 0.29) is 0 Å². The number of hydrogen-bond donors (Lipinski definition) is 1. The first kappa shape index (κ1) is 14.9.